The van der Waals surface area contributed by atoms with Gasteiger partial charge in [0.25, 0.3) is 0 Å². The Hall–Kier alpha value is -2.47. The minimum atomic E-state index is 0. The lowest BCUT2D eigenvalue weighted by atomic mass is 10.1. The van der Waals surface area contributed by atoms with E-state index in [1.54, 1.807) is 0 Å². The number of piperazine rings is 1. The molecule has 1 aromatic heterocycles. The number of hydrogen-bond donors (Lipinski definition) is 2. The first-order valence-corrected chi connectivity index (χ1v) is 10.5. The lowest BCUT2D eigenvalue weighted by molar-refractivity contribution is 0.533. The number of nitrogens with zero attached hydrogens (tertiary/aromatic N) is 3. The zero-order chi connectivity index (χ0) is 19.5. The average Bonchev–Trinajstić information content (AvgIpc) is 3.22. The molecule has 0 saturated carbocycles. The highest BCUT2D eigenvalue weighted by molar-refractivity contribution is 5.85. The van der Waals surface area contributed by atoms with E-state index in [-0.39, 0.29) is 12.4 Å². The van der Waals surface area contributed by atoms with Gasteiger partial charge < -0.3 is 15.5 Å². The van der Waals surface area contributed by atoms with Gasteiger partial charge in [0.1, 0.15) is 0 Å². The van der Waals surface area contributed by atoms with E-state index in [1.165, 1.54) is 22.3 Å². The molecule has 0 spiro atoms. The summed E-state index contributed by atoms with van der Waals surface area (Å²) < 4.78 is 0. The minimum absolute atomic E-state index is 0. The number of hydrogen-bond acceptors (Lipinski definition) is 5. The summed E-state index contributed by atoms with van der Waals surface area (Å²) in [6.07, 6.45) is 6.14. The van der Waals surface area contributed by atoms with Gasteiger partial charge in [-0.3, -0.25) is 0 Å². The molecule has 0 unspecified atom stereocenters. The fraction of sp³-hybridized carbons (Fsp3) is 0.333. The molecule has 5 rings (SSSR count). The number of fused-ring (bicyclic) bond motifs is 1. The van der Waals surface area contributed by atoms with Crippen molar-refractivity contribution in [1.82, 2.24) is 20.6 Å². The van der Waals surface area contributed by atoms with Crippen LogP contribution in [0.15, 0.2) is 60.9 Å². The number of anilines is 1. The monoisotopic (exact) mass is 421 g/mol. The van der Waals surface area contributed by atoms with Gasteiger partial charge in [0.15, 0.2) is 0 Å². The third-order valence-electron chi connectivity index (χ3n) is 5.94. The molecule has 5 nitrogen and oxygen atoms in total. The van der Waals surface area contributed by atoms with Gasteiger partial charge in [-0.1, -0.05) is 42.5 Å². The van der Waals surface area contributed by atoms with E-state index in [9.17, 15) is 0 Å². The van der Waals surface area contributed by atoms with Crippen molar-refractivity contribution in [3.63, 3.8) is 0 Å². The smallest absolute Gasteiger partial charge is 0.225 e. The van der Waals surface area contributed by atoms with E-state index in [1.807, 2.05) is 12.4 Å². The maximum atomic E-state index is 4.61. The predicted molar refractivity (Wildman–Crippen MR) is 124 cm³/mol. The predicted octanol–water partition coefficient (Wildman–Crippen LogP) is 3.23. The Kier molecular flexibility index (Phi) is 6.62. The minimum Gasteiger partial charge on any atom is -0.338 e. The number of rotatable bonds is 5. The highest BCUT2D eigenvalue weighted by atomic mass is 35.5. The van der Waals surface area contributed by atoms with Crippen molar-refractivity contribution < 1.29 is 0 Å². The van der Waals surface area contributed by atoms with Crippen LogP contribution in [0.25, 0.3) is 11.1 Å². The second-order valence-corrected chi connectivity index (χ2v) is 7.96. The summed E-state index contributed by atoms with van der Waals surface area (Å²) in [7, 11) is 0. The number of aromatic nitrogens is 2. The molecule has 30 heavy (non-hydrogen) atoms. The third kappa shape index (κ3) is 4.64. The summed E-state index contributed by atoms with van der Waals surface area (Å²) in [6.45, 7) is 4.79. The topological polar surface area (TPSA) is 53.1 Å². The van der Waals surface area contributed by atoms with Crippen molar-refractivity contribution in [3.8, 4) is 11.1 Å². The van der Waals surface area contributed by atoms with E-state index in [4.69, 9.17) is 0 Å². The molecular weight excluding hydrogens is 394 g/mol. The zero-order valence-corrected chi connectivity index (χ0v) is 17.9. The standard InChI is InChI=1S/C24H27N5.ClH/c1-2-6-21-14-23(13-20(21)5-1)26-15-18-4-3-7-19(12-18)22-16-27-24(28-17-22)29-10-8-25-9-11-29;/h1-7,12,16-17,23,25-26H,8-11,13-15H2;1H. The molecule has 0 bridgehead atoms. The first-order valence-electron chi connectivity index (χ1n) is 10.5. The molecule has 2 N–H and O–H groups in total. The molecule has 2 aromatic carbocycles. The van der Waals surface area contributed by atoms with Gasteiger partial charge in [-0.15, -0.1) is 12.4 Å². The first kappa shape index (κ1) is 20.8. The van der Waals surface area contributed by atoms with Crippen LogP contribution in [0, 0.1) is 0 Å². The Labute approximate surface area is 184 Å². The van der Waals surface area contributed by atoms with Crippen molar-refractivity contribution in [3.05, 3.63) is 77.6 Å². The molecule has 1 saturated heterocycles. The van der Waals surface area contributed by atoms with E-state index < -0.39 is 0 Å². The summed E-state index contributed by atoms with van der Waals surface area (Å²) in [4.78, 5) is 11.5. The maximum absolute atomic E-state index is 4.61. The lowest BCUT2D eigenvalue weighted by Gasteiger charge is -2.27. The Balaban J connectivity index is 0.00000218. The van der Waals surface area contributed by atoms with E-state index in [0.717, 1.165) is 57.1 Å². The van der Waals surface area contributed by atoms with Crippen molar-refractivity contribution in [1.29, 1.82) is 0 Å². The Morgan fingerprint density at radius 3 is 2.30 bits per heavy atom. The van der Waals surface area contributed by atoms with Gasteiger partial charge in [-0.2, -0.15) is 0 Å². The third-order valence-corrected chi connectivity index (χ3v) is 5.94. The molecule has 3 aromatic rings. The quantitative estimate of drug-likeness (QED) is 0.662. The molecular formula is C24H28ClN5. The zero-order valence-electron chi connectivity index (χ0n) is 17.1. The van der Waals surface area contributed by atoms with Crippen LogP contribution in [0.3, 0.4) is 0 Å². The summed E-state index contributed by atoms with van der Waals surface area (Å²) in [5.41, 5.74) is 6.51. The summed E-state index contributed by atoms with van der Waals surface area (Å²) in [5, 5.41) is 7.09. The van der Waals surface area contributed by atoms with Crippen LogP contribution in [-0.2, 0) is 19.4 Å². The fourth-order valence-electron chi connectivity index (χ4n) is 4.32. The average molecular weight is 422 g/mol. The molecule has 1 fully saturated rings. The van der Waals surface area contributed by atoms with Crippen LogP contribution >= 0.6 is 12.4 Å². The molecule has 0 amide bonds. The SMILES string of the molecule is Cl.c1cc(CNC2Cc3ccccc3C2)cc(-c2cnc(N3CCNCC3)nc2)c1. The molecule has 1 aliphatic carbocycles. The Morgan fingerprint density at radius 1 is 0.900 bits per heavy atom. The first-order chi connectivity index (χ1) is 14.3. The number of benzene rings is 2. The molecule has 0 radical (unpaired) electrons. The Bertz CT molecular complexity index is 944. The number of nitrogens with one attached hydrogen (secondary N) is 2. The van der Waals surface area contributed by atoms with Gasteiger partial charge in [-0.25, -0.2) is 9.97 Å². The van der Waals surface area contributed by atoms with Crippen molar-refractivity contribution >= 4 is 18.4 Å². The van der Waals surface area contributed by atoms with Crippen molar-refractivity contribution in [2.24, 2.45) is 0 Å². The van der Waals surface area contributed by atoms with Crippen LogP contribution in [0.1, 0.15) is 16.7 Å². The molecule has 0 atom stereocenters. The van der Waals surface area contributed by atoms with E-state index in [0.29, 0.717) is 6.04 Å². The normalized spacial score (nSPS) is 16.2. The summed E-state index contributed by atoms with van der Waals surface area (Å²) >= 11 is 0. The second kappa shape index (κ2) is 9.56. The van der Waals surface area contributed by atoms with E-state index in [2.05, 4.69) is 74.0 Å². The summed E-state index contributed by atoms with van der Waals surface area (Å²) in [5.74, 6) is 0.828. The molecule has 156 valence electrons. The van der Waals surface area contributed by atoms with Gasteiger partial charge in [0, 0.05) is 56.7 Å². The molecule has 6 heteroatoms. The largest absolute Gasteiger partial charge is 0.338 e. The van der Waals surface area contributed by atoms with Crippen LogP contribution < -0.4 is 15.5 Å². The van der Waals surface area contributed by atoms with Gasteiger partial charge >= 0.3 is 0 Å². The van der Waals surface area contributed by atoms with Crippen molar-refractivity contribution in [2.75, 3.05) is 31.1 Å². The van der Waals surface area contributed by atoms with Gasteiger partial charge in [0.05, 0.1) is 0 Å². The van der Waals surface area contributed by atoms with Gasteiger partial charge in [-0.05, 0) is 41.2 Å². The van der Waals surface area contributed by atoms with E-state index >= 15 is 0 Å². The molecule has 1 aliphatic heterocycles. The molecule has 2 heterocycles. The van der Waals surface area contributed by atoms with Crippen LogP contribution in [0.5, 0.6) is 0 Å². The maximum Gasteiger partial charge on any atom is 0.225 e. The van der Waals surface area contributed by atoms with Crippen LogP contribution in [0.2, 0.25) is 0 Å². The van der Waals surface area contributed by atoms with Crippen molar-refractivity contribution in [2.45, 2.75) is 25.4 Å². The molecule has 2 aliphatic rings. The fourth-order valence-corrected chi connectivity index (χ4v) is 4.32. The highest BCUT2D eigenvalue weighted by Gasteiger charge is 2.20. The lowest BCUT2D eigenvalue weighted by Crippen LogP contribution is -2.44. The second-order valence-electron chi connectivity index (χ2n) is 7.96. The highest BCUT2D eigenvalue weighted by Crippen LogP contribution is 2.23. The Morgan fingerprint density at radius 2 is 1.60 bits per heavy atom. The van der Waals surface area contributed by atoms with Crippen LogP contribution in [-0.4, -0.2) is 42.2 Å². The summed E-state index contributed by atoms with van der Waals surface area (Å²) in [6, 6.07) is 18.0. The van der Waals surface area contributed by atoms with Gasteiger partial charge in [0.2, 0.25) is 5.95 Å². The number of halogens is 1. The van der Waals surface area contributed by atoms with Crippen LogP contribution in [0.4, 0.5) is 5.95 Å².